The van der Waals surface area contributed by atoms with E-state index in [1.165, 1.54) is 12.4 Å². The highest BCUT2D eigenvalue weighted by Crippen LogP contribution is 2.36. The molecular formula is C25H25N5O3. The van der Waals surface area contributed by atoms with Gasteiger partial charge < -0.3 is 24.7 Å². The number of hydrogen-bond acceptors (Lipinski definition) is 6. The number of hydrogen-bond donors (Lipinski definition) is 2. The fraction of sp³-hybridized carbons (Fsp3) is 0.240. The average Bonchev–Trinajstić information content (AvgIpc) is 3.32. The first-order chi connectivity index (χ1) is 16.1. The fourth-order valence-corrected chi connectivity index (χ4v) is 4.19. The summed E-state index contributed by atoms with van der Waals surface area (Å²) >= 11 is 0. The lowest BCUT2D eigenvalue weighted by Gasteiger charge is -2.31. The van der Waals surface area contributed by atoms with E-state index >= 15 is 0 Å². The third kappa shape index (κ3) is 4.19. The van der Waals surface area contributed by atoms with Crippen LogP contribution in [0.5, 0.6) is 11.5 Å². The van der Waals surface area contributed by atoms with Crippen LogP contribution in [0.4, 0.5) is 11.5 Å². The van der Waals surface area contributed by atoms with Crippen molar-refractivity contribution in [1.29, 1.82) is 0 Å². The van der Waals surface area contributed by atoms with Crippen molar-refractivity contribution in [3.05, 3.63) is 61.6 Å². The maximum atomic E-state index is 11.8. The van der Waals surface area contributed by atoms with Crippen LogP contribution < -0.4 is 14.8 Å². The van der Waals surface area contributed by atoms with Crippen LogP contribution in [0.2, 0.25) is 0 Å². The number of carbonyl (C=O) groups excluding carboxylic acids is 1. The van der Waals surface area contributed by atoms with Gasteiger partial charge in [-0.2, -0.15) is 0 Å². The fourth-order valence-electron chi connectivity index (χ4n) is 4.19. The number of fused-ring (bicyclic) bond motifs is 2. The van der Waals surface area contributed by atoms with Crippen molar-refractivity contribution in [2.24, 2.45) is 0 Å². The Morgan fingerprint density at radius 1 is 1.18 bits per heavy atom. The number of aromatic amines is 1. The molecule has 2 N–H and O–H groups in total. The molecule has 4 aromatic rings. The summed E-state index contributed by atoms with van der Waals surface area (Å²) in [4.78, 5) is 25.7. The molecule has 1 aliphatic heterocycles. The van der Waals surface area contributed by atoms with Gasteiger partial charge >= 0.3 is 0 Å². The lowest BCUT2D eigenvalue weighted by atomic mass is 10.1. The van der Waals surface area contributed by atoms with Crippen molar-refractivity contribution in [2.45, 2.75) is 18.9 Å². The molecule has 0 aliphatic carbocycles. The molecule has 0 unspecified atom stereocenters. The second-order valence-corrected chi connectivity index (χ2v) is 7.99. The first kappa shape index (κ1) is 20.8. The Bertz CT molecular complexity index is 1320. The molecule has 33 heavy (non-hydrogen) atoms. The molecule has 0 bridgehead atoms. The van der Waals surface area contributed by atoms with E-state index in [2.05, 4.69) is 32.9 Å². The highest BCUT2D eigenvalue weighted by Gasteiger charge is 2.24. The van der Waals surface area contributed by atoms with Crippen LogP contribution in [-0.2, 0) is 4.79 Å². The molecule has 2 aromatic heterocycles. The Labute approximate surface area is 191 Å². The van der Waals surface area contributed by atoms with Crippen molar-refractivity contribution in [2.75, 3.05) is 25.5 Å². The summed E-state index contributed by atoms with van der Waals surface area (Å²) < 4.78 is 11.9. The van der Waals surface area contributed by atoms with Gasteiger partial charge in [-0.1, -0.05) is 6.58 Å². The number of nitrogens with zero attached hydrogens (tertiary/aromatic N) is 3. The summed E-state index contributed by atoms with van der Waals surface area (Å²) in [6.45, 7) is 4.85. The number of ether oxygens (including phenoxy) is 2. The van der Waals surface area contributed by atoms with Crippen LogP contribution in [0.25, 0.3) is 21.8 Å². The number of likely N-dealkylation sites (tertiary alicyclic amines) is 1. The zero-order valence-corrected chi connectivity index (χ0v) is 18.4. The molecule has 2 aromatic carbocycles. The van der Waals surface area contributed by atoms with E-state index in [1.807, 2.05) is 36.5 Å². The smallest absolute Gasteiger partial charge is 0.245 e. The number of nitrogens with one attached hydrogen (secondary N) is 2. The van der Waals surface area contributed by atoms with Gasteiger partial charge in [0.2, 0.25) is 5.91 Å². The molecule has 1 fully saturated rings. The van der Waals surface area contributed by atoms with Crippen molar-refractivity contribution in [3.8, 4) is 11.5 Å². The molecule has 1 saturated heterocycles. The Morgan fingerprint density at radius 2 is 2.03 bits per heavy atom. The van der Waals surface area contributed by atoms with E-state index in [0.29, 0.717) is 30.4 Å². The molecule has 0 atom stereocenters. The molecule has 5 rings (SSSR count). The molecule has 0 saturated carbocycles. The maximum absolute atomic E-state index is 11.8. The van der Waals surface area contributed by atoms with Crippen LogP contribution in [0.15, 0.2) is 61.6 Å². The van der Waals surface area contributed by atoms with E-state index in [1.54, 1.807) is 12.0 Å². The molecule has 1 aliphatic rings. The van der Waals surface area contributed by atoms with E-state index in [-0.39, 0.29) is 12.0 Å². The Balaban J connectivity index is 1.42. The maximum Gasteiger partial charge on any atom is 0.245 e. The van der Waals surface area contributed by atoms with Crippen LogP contribution >= 0.6 is 0 Å². The zero-order valence-electron chi connectivity index (χ0n) is 18.4. The number of methoxy groups -OCH3 is 1. The molecule has 8 nitrogen and oxygen atoms in total. The van der Waals surface area contributed by atoms with Crippen molar-refractivity contribution >= 4 is 39.2 Å². The minimum absolute atomic E-state index is 0.0118. The van der Waals surface area contributed by atoms with Crippen molar-refractivity contribution < 1.29 is 14.3 Å². The van der Waals surface area contributed by atoms with Gasteiger partial charge in [0.1, 0.15) is 18.2 Å². The summed E-state index contributed by atoms with van der Waals surface area (Å²) in [5.41, 5.74) is 2.76. The minimum Gasteiger partial charge on any atom is -0.493 e. The van der Waals surface area contributed by atoms with E-state index in [9.17, 15) is 4.79 Å². The molecule has 8 heteroatoms. The minimum atomic E-state index is -0.0394. The first-order valence-electron chi connectivity index (χ1n) is 10.9. The van der Waals surface area contributed by atoms with Crippen LogP contribution in [0, 0.1) is 0 Å². The van der Waals surface area contributed by atoms with Gasteiger partial charge in [-0.25, -0.2) is 9.97 Å². The third-order valence-electron chi connectivity index (χ3n) is 5.96. The number of rotatable bonds is 6. The van der Waals surface area contributed by atoms with Crippen LogP contribution in [0.3, 0.4) is 0 Å². The number of H-pyrrole nitrogens is 1. The van der Waals surface area contributed by atoms with E-state index in [0.717, 1.165) is 40.3 Å². The van der Waals surface area contributed by atoms with Gasteiger partial charge in [0.05, 0.1) is 12.6 Å². The summed E-state index contributed by atoms with van der Waals surface area (Å²) in [5, 5.41) is 5.36. The van der Waals surface area contributed by atoms with Gasteiger partial charge in [-0.15, -0.1) is 0 Å². The zero-order chi connectivity index (χ0) is 22.8. The summed E-state index contributed by atoms with van der Waals surface area (Å²) in [6.07, 6.45) is 6.29. The van der Waals surface area contributed by atoms with Gasteiger partial charge in [0.15, 0.2) is 11.5 Å². The summed E-state index contributed by atoms with van der Waals surface area (Å²) in [7, 11) is 1.62. The summed E-state index contributed by atoms with van der Waals surface area (Å²) in [5.74, 6) is 1.90. The highest BCUT2D eigenvalue weighted by atomic mass is 16.5. The third-order valence-corrected chi connectivity index (χ3v) is 5.96. The monoisotopic (exact) mass is 443 g/mol. The lowest BCUT2D eigenvalue weighted by Crippen LogP contribution is -2.41. The van der Waals surface area contributed by atoms with Gasteiger partial charge in [0.25, 0.3) is 0 Å². The number of amides is 1. The number of aromatic nitrogens is 3. The number of carbonyl (C=O) groups is 1. The van der Waals surface area contributed by atoms with Crippen LogP contribution in [-0.4, -0.2) is 52.1 Å². The highest BCUT2D eigenvalue weighted by molar-refractivity contribution is 5.94. The van der Waals surface area contributed by atoms with Gasteiger partial charge in [-0.3, -0.25) is 4.79 Å². The van der Waals surface area contributed by atoms with Crippen molar-refractivity contribution in [1.82, 2.24) is 19.9 Å². The largest absolute Gasteiger partial charge is 0.493 e. The topological polar surface area (TPSA) is 92.4 Å². The standard InChI is InChI=1S/C25H25N5O3/c1-3-24(31)30-10-7-18(8-11-30)33-23-13-19-21(14-22(23)32-2)27-15-28-25(19)29-17-4-5-20-16(12-17)6-9-26-20/h3-6,9,12-15,18,26H,1,7-8,10-11H2,2H3,(H,27,28,29). The molecular weight excluding hydrogens is 418 g/mol. The first-order valence-corrected chi connectivity index (χ1v) is 10.9. The Morgan fingerprint density at radius 3 is 2.82 bits per heavy atom. The molecule has 0 spiro atoms. The normalized spacial score (nSPS) is 14.4. The number of benzene rings is 2. The predicted octanol–water partition coefficient (Wildman–Crippen LogP) is 4.42. The second kappa shape index (κ2) is 8.82. The predicted molar refractivity (Wildman–Crippen MR) is 128 cm³/mol. The lowest BCUT2D eigenvalue weighted by molar-refractivity contribution is -0.127. The average molecular weight is 444 g/mol. The molecule has 0 radical (unpaired) electrons. The quantitative estimate of drug-likeness (QED) is 0.429. The molecule has 168 valence electrons. The number of piperidine rings is 1. The molecule has 1 amide bonds. The SMILES string of the molecule is C=CC(=O)N1CCC(Oc2cc3c(Nc4ccc5[nH]ccc5c4)ncnc3cc2OC)CC1. The van der Waals surface area contributed by atoms with E-state index < -0.39 is 0 Å². The van der Waals surface area contributed by atoms with Crippen LogP contribution in [0.1, 0.15) is 12.8 Å². The number of anilines is 2. The van der Waals surface area contributed by atoms with E-state index in [4.69, 9.17) is 9.47 Å². The van der Waals surface area contributed by atoms with Gasteiger partial charge in [-0.05, 0) is 36.4 Å². The second-order valence-electron chi connectivity index (χ2n) is 7.99. The van der Waals surface area contributed by atoms with Crippen molar-refractivity contribution in [3.63, 3.8) is 0 Å². The Hall–Kier alpha value is -4.07. The van der Waals surface area contributed by atoms with Gasteiger partial charge in [0, 0.05) is 60.2 Å². The summed E-state index contributed by atoms with van der Waals surface area (Å²) in [6, 6.07) is 11.9. The Kier molecular flexibility index (Phi) is 5.56. The molecule has 3 heterocycles.